The molecular weight excluding hydrogens is 679 g/mol. The molecule has 320 valence electrons. The number of likely N-dealkylation sites (N-methyl/N-ethyl adjacent to an activating group) is 1. The van der Waals surface area contributed by atoms with Gasteiger partial charge in [0.25, 0.3) is 0 Å². The third kappa shape index (κ3) is 36.0. The summed E-state index contributed by atoms with van der Waals surface area (Å²) in [5.41, 5.74) is 0. The molecule has 0 aliphatic rings. The number of unbranched alkanes of at least 4 members (excludes halogenated alkanes) is 28. The summed E-state index contributed by atoms with van der Waals surface area (Å²) in [4.78, 5) is 37.0. The van der Waals surface area contributed by atoms with Crippen LogP contribution >= 0.6 is 0 Å². The van der Waals surface area contributed by atoms with Gasteiger partial charge in [0.1, 0.15) is 6.61 Å². The van der Waals surface area contributed by atoms with E-state index < -0.39 is 18.1 Å². The Morgan fingerprint density at radius 2 is 0.815 bits per heavy atom. The summed E-state index contributed by atoms with van der Waals surface area (Å²) in [5.74, 6) is -1.44. The van der Waals surface area contributed by atoms with Crippen LogP contribution in [0.15, 0.2) is 0 Å². The van der Waals surface area contributed by atoms with Crippen LogP contribution in [0.5, 0.6) is 0 Å². The highest BCUT2D eigenvalue weighted by Gasteiger charge is 2.31. The zero-order valence-electron chi connectivity index (χ0n) is 36.5. The Hall–Kier alpha value is -1.67. The van der Waals surface area contributed by atoms with Crippen molar-refractivity contribution in [3.63, 3.8) is 0 Å². The maximum absolute atomic E-state index is 12.7. The van der Waals surface area contributed by atoms with Gasteiger partial charge in [-0.25, -0.2) is 4.79 Å². The molecule has 2 unspecified atom stereocenters. The maximum Gasteiger partial charge on any atom is 0.362 e. The van der Waals surface area contributed by atoms with Gasteiger partial charge in [-0.1, -0.05) is 194 Å². The van der Waals surface area contributed by atoms with Crippen molar-refractivity contribution in [2.75, 3.05) is 41.0 Å². The monoisotopic (exact) mass is 769 g/mol. The van der Waals surface area contributed by atoms with E-state index in [1.165, 1.54) is 154 Å². The summed E-state index contributed by atoms with van der Waals surface area (Å²) in [6.07, 6.45) is 38.5. The van der Waals surface area contributed by atoms with Crippen molar-refractivity contribution < 1.29 is 38.2 Å². The van der Waals surface area contributed by atoms with Crippen molar-refractivity contribution in [2.24, 2.45) is 0 Å². The molecule has 0 heterocycles. The first kappa shape index (κ1) is 52.3. The lowest BCUT2D eigenvalue weighted by atomic mass is 10.0. The second-order valence-corrected chi connectivity index (χ2v) is 17.0. The van der Waals surface area contributed by atoms with Gasteiger partial charge in [0.05, 0.1) is 34.4 Å². The van der Waals surface area contributed by atoms with Gasteiger partial charge in [-0.05, 0) is 12.8 Å². The molecular formula is C46H90NO7+. The number of carboxylic acid groups (broad SMARTS) is 1. The number of nitrogens with zero attached hydrogens (tertiary/aromatic N) is 1. The standard InChI is InChI=1S/C46H89NO7/c1-6-8-10-12-14-16-18-20-22-23-25-26-28-30-32-34-36-44(48)53-41-42(40-52-39-38-43(46(50)51)47(3,4)5)54-45(49)37-35-33-31-29-27-24-21-19-17-15-13-11-9-7-2/h42-43H,6-41H2,1-5H3/p+1. The van der Waals surface area contributed by atoms with Crippen LogP contribution in [-0.2, 0) is 28.6 Å². The quantitative estimate of drug-likeness (QED) is 0.0375. The van der Waals surface area contributed by atoms with Crippen LogP contribution in [0.25, 0.3) is 0 Å². The Bertz CT molecular complexity index is 858. The van der Waals surface area contributed by atoms with E-state index in [2.05, 4.69) is 13.8 Å². The van der Waals surface area contributed by atoms with E-state index in [1.54, 1.807) is 0 Å². The van der Waals surface area contributed by atoms with Crippen LogP contribution in [0.1, 0.15) is 226 Å². The van der Waals surface area contributed by atoms with Gasteiger partial charge in [0, 0.05) is 19.3 Å². The molecule has 0 amide bonds. The highest BCUT2D eigenvalue weighted by Crippen LogP contribution is 2.16. The van der Waals surface area contributed by atoms with Crippen molar-refractivity contribution >= 4 is 17.9 Å². The topological polar surface area (TPSA) is 99.1 Å². The molecule has 0 bridgehead atoms. The van der Waals surface area contributed by atoms with E-state index in [0.717, 1.165) is 38.5 Å². The Kier molecular flexibility index (Phi) is 37.0. The molecule has 0 aromatic rings. The SMILES string of the molecule is CCCCCCCCCCCCCCCCCCC(=O)OCC(COCCC(C(=O)O)[N+](C)(C)C)OC(=O)CCCCCCCCCCCCCCCC. The van der Waals surface area contributed by atoms with Gasteiger partial charge in [-0.2, -0.15) is 0 Å². The number of carbonyl (C=O) groups is 3. The van der Waals surface area contributed by atoms with E-state index in [4.69, 9.17) is 14.2 Å². The van der Waals surface area contributed by atoms with E-state index in [-0.39, 0.29) is 36.2 Å². The molecule has 0 aliphatic heterocycles. The van der Waals surface area contributed by atoms with Gasteiger partial charge in [-0.15, -0.1) is 0 Å². The molecule has 0 aromatic heterocycles. The van der Waals surface area contributed by atoms with Gasteiger partial charge < -0.3 is 23.8 Å². The van der Waals surface area contributed by atoms with Crippen LogP contribution in [0, 0.1) is 0 Å². The minimum absolute atomic E-state index is 0.0418. The zero-order chi connectivity index (χ0) is 40.0. The maximum atomic E-state index is 12.7. The average molecular weight is 769 g/mol. The fraction of sp³-hybridized carbons (Fsp3) is 0.935. The summed E-state index contributed by atoms with van der Waals surface area (Å²) >= 11 is 0. The lowest BCUT2D eigenvalue weighted by molar-refractivity contribution is -0.887. The summed E-state index contributed by atoms with van der Waals surface area (Å²) in [6, 6.07) is -0.608. The number of carboxylic acids is 1. The highest BCUT2D eigenvalue weighted by molar-refractivity contribution is 5.72. The first-order valence-corrected chi connectivity index (χ1v) is 23.1. The van der Waals surface area contributed by atoms with Crippen LogP contribution in [0.2, 0.25) is 0 Å². The van der Waals surface area contributed by atoms with Crippen molar-refractivity contribution in [1.82, 2.24) is 0 Å². The van der Waals surface area contributed by atoms with Gasteiger partial charge >= 0.3 is 17.9 Å². The molecule has 0 aliphatic carbocycles. The van der Waals surface area contributed by atoms with Crippen LogP contribution in [-0.4, -0.2) is 80.6 Å². The predicted octanol–water partition coefficient (Wildman–Crippen LogP) is 12.5. The first-order valence-electron chi connectivity index (χ1n) is 23.1. The minimum atomic E-state index is -0.870. The van der Waals surface area contributed by atoms with Gasteiger partial charge in [0.15, 0.2) is 12.1 Å². The van der Waals surface area contributed by atoms with Crippen LogP contribution in [0.4, 0.5) is 0 Å². The van der Waals surface area contributed by atoms with Gasteiger partial charge in [-0.3, -0.25) is 9.59 Å². The number of hydrogen-bond donors (Lipinski definition) is 1. The summed E-state index contributed by atoms with van der Waals surface area (Å²) < 4.78 is 17.3. The van der Waals surface area contributed by atoms with E-state index in [9.17, 15) is 19.5 Å². The summed E-state index contributed by atoms with van der Waals surface area (Å²) in [6.45, 7) is 4.78. The Morgan fingerprint density at radius 3 is 1.15 bits per heavy atom. The van der Waals surface area contributed by atoms with Crippen LogP contribution in [0.3, 0.4) is 0 Å². The molecule has 1 N–H and O–H groups in total. The number of quaternary nitrogens is 1. The summed E-state index contributed by atoms with van der Waals surface area (Å²) in [5, 5.41) is 9.62. The molecule has 0 rings (SSSR count). The molecule has 54 heavy (non-hydrogen) atoms. The summed E-state index contributed by atoms with van der Waals surface area (Å²) in [7, 11) is 5.54. The fourth-order valence-electron chi connectivity index (χ4n) is 7.15. The molecule has 0 radical (unpaired) electrons. The largest absolute Gasteiger partial charge is 0.477 e. The predicted molar refractivity (Wildman–Crippen MR) is 225 cm³/mol. The number of aliphatic carboxylic acids is 1. The van der Waals surface area contributed by atoms with Crippen molar-refractivity contribution in [3.05, 3.63) is 0 Å². The zero-order valence-corrected chi connectivity index (χ0v) is 36.5. The molecule has 2 atom stereocenters. The Labute approximate surface area is 334 Å². The number of carbonyl (C=O) groups excluding carboxylic acids is 2. The minimum Gasteiger partial charge on any atom is -0.477 e. The first-order chi connectivity index (χ1) is 26.1. The second-order valence-electron chi connectivity index (χ2n) is 17.0. The van der Waals surface area contributed by atoms with Crippen molar-refractivity contribution in [3.8, 4) is 0 Å². The molecule has 0 saturated carbocycles. The third-order valence-corrected chi connectivity index (χ3v) is 10.8. The Balaban J connectivity index is 4.27. The third-order valence-electron chi connectivity index (χ3n) is 10.8. The van der Waals surface area contributed by atoms with Crippen molar-refractivity contribution in [1.29, 1.82) is 0 Å². The van der Waals surface area contributed by atoms with Crippen LogP contribution < -0.4 is 0 Å². The van der Waals surface area contributed by atoms with Gasteiger partial charge in [0.2, 0.25) is 0 Å². The van der Waals surface area contributed by atoms with E-state index >= 15 is 0 Å². The number of rotatable bonds is 42. The lowest BCUT2D eigenvalue weighted by Crippen LogP contribution is -2.50. The molecule has 0 spiro atoms. The molecule has 0 saturated heterocycles. The smallest absolute Gasteiger partial charge is 0.362 e. The fourth-order valence-corrected chi connectivity index (χ4v) is 7.15. The van der Waals surface area contributed by atoms with E-state index in [1.807, 2.05) is 21.1 Å². The normalized spacial score (nSPS) is 12.8. The highest BCUT2D eigenvalue weighted by atomic mass is 16.6. The number of hydrogen-bond acceptors (Lipinski definition) is 6. The second kappa shape index (κ2) is 38.2. The number of ether oxygens (including phenoxy) is 3. The molecule has 0 aromatic carbocycles. The van der Waals surface area contributed by atoms with E-state index in [0.29, 0.717) is 19.3 Å². The Morgan fingerprint density at radius 1 is 0.481 bits per heavy atom. The van der Waals surface area contributed by atoms with Crippen molar-refractivity contribution in [2.45, 2.75) is 238 Å². The molecule has 8 heteroatoms. The molecule has 8 nitrogen and oxygen atoms in total. The lowest BCUT2D eigenvalue weighted by Gasteiger charge is -2.31. The number of esters is 2. The average Bonchev–Trinajstić information content (AvgIpc) is 3.12. The molecule has 0 fully saturated rings.